The number of nitrogens with one attached hydrogen (secondary N) is 4. The molecule has 0 saturated carbocycles. The third kappa shape index (κ3) is 13.2. The quantitative estimate of drug-likeness (QED) is 0.0248. The van der Waals surface area contributed by atoms with Crippen molar-refractivity contribution in [3.63, 3.8) is 0 Å². The van der Waals surface area contributed by atoms with E-state index in [1.54, 1.807) is 50.2 Å². The summed E-state index contributed by atoms with van der Waals surface area (Å²) in [4.78, 5) is 62.8. The van der Waals surface area contributed by atoms with Crippen molar-refractivity contribution in [1.29, 1.82) is 0 Å². The average Bonchev–Trinajstić information content (AvgIpc) is 3.04. The Hall–Kier alpha value is -2.03. The summed E-state index contributed by atoms with van der Waals surface area (Å²) >= 11 is 13.8. The highest BCUT2D eigenvalue weighted by Crippen LogP contribution is 2.21. The third-order valence-electron chi connectivity index (χ3n) is 5.93. The second-order valence-corrected chi connectivity index (χ2v) is 13.4. The first-order valence-electron chi connectivity index (χ1n) is 13.9. The first-order chi connectivity index (χ1) is 22.1. The summed E-state index contributed by atoms with van der Waals surface area (Å²) in [6, 6.07) is 6.76. The molecule has 252 valence electrons. The molecule has 4 atom stereocenters. The molecule has 2 aromatic rings. The van der Waals surface area contributed by atoms with Crippen LogP contribution in [-0.4, -0.2) is 101 Å². The molecule has 0 heterocycles. The Balaban J connectivity index is 2.12. The Morgan fingerprint density at radius 1 is 0.870 bits per heavy atom. The second kappa shape index (κ2) is 21.8. The smallest absolute Gasteiger partial charge is 0.329 e. The molecule has 0 spiro atoms. The number of aliphatic hydroxyl groups is 1. The molecule has 5 N–H and O–H groups in total. The topological polar surface area (TPSA) is 172 Å². The van der Waals surface area contributed by atoms with E-state index in [0.717, 1.165) is 11.9 Å². The van der Waals surface area contributed by atoms with Crippen LogP contribution in [0.5, 0.6) is 0 Å². The van der Waals surface area contributed by atoms with Crippen LogP contribution in [0.15, 0.2) is 36.4 Å². The van der Waals surface area contributed by atoms with E-state index >= 15 is 0 Å². The largest absolute Gasteiger partial charge is 0.464 e. The zero-order chi connectivity index (χ0) is 34.1. The maximum Gasteiger partial charge on any atom is 0.329 e. The molecule has 2 rings (SSSR count). The van der Waals surface area contributed by atoms with Crippen LogP contribution in [0.1, 0.15) is 34.6 Å². The first kappa shape index (κ1) is 40.1. The molecule has 0 aliphatic heterocycles. The summed E-state index contributed by atoms with van der Waals surface area (Å²) in [5, 5.41) is 16.9. The lowest BCUT2D eigenvalue weighted by molar-refractivity contribution is -0.145. The molecular weight excluding hydrogens is 713 g/mol. The van der Waals surface area contributed by atoms with Crippen molar-refractivity contribution in [2.75, 3.05) is 37.1 Å². The molecule has 12 nitrogen and oxygen atoms in total. The van der Waals surface area contributed by atoms with E-state index in [0.29, 0.717) is 16.3 Å². The van der Waals surface area contributed by atoms with Crippen molar-refractivity contribution in [2.45, 2.75) is 38.0 Å². The number of hydrogen-bond acceptors (Lipinski definition) is 15. The number of thiocarbonyl (C=S) groups is 1. The Bertz CT molecular complexity index is 1370. The van der Waals surface area contributed by atoms with Gasteiger partial charge in [-0.05, 0) is 65.2 Å². The molecule has 0 saturated heterocycles. The van der Waals surface area contributed by atoms with Gasteiger partial charge in [-0.3, -0.25) is 19.1 Å². The Morgan fingerprint density at radius 3 is 1.83 bits per heavy atom. The maximum atomic E-state index is 13.1. The van der Waals surface area contributed by atoms with Crippen molar-refractivity contribution in [1.82, 2.24) is 20.1 Å². The van der Waals surface area contributed by atoms with Crippen molar-refractivity contribution in [3.8, 4) is 0 Å². The maximum absolute atomic E-state index is 13.1. The van der Waals surface area contributed by atoms with Crippen LogP contribution in [0.2, 0.25) is 0 Å². The summed E-state index contributed by atoms with van der Waals surface area (Å²) in [5.41, 5.74) is 0.570. The van der Waals surface area contributed by atoms with E-state index < -0.39 is 53.0 Å². The van der Waals surface area contributed by atoms with Gasteiger partial charge in [-0.2, -0.15) is 12.6 Å². The number of fused-ring (bicyclic) bond motifs is 1. The minimum absolute atomic E-state index is 0.0821. The monoisotopic (exact) mass is 748 g/mol. The molecule has 2 amide bonds. The zero-order valence-corrected chi connectivity index (χ0v) is 30.0. The van der Waals surface area contributed by atoms with Gasteiger partial charge in [0.2, 0.25) is 5.12 Å². The Kier molecular flexibility index (Phi) is 19.0. The number of hydrogen-bond donors (Lipinski definition) is 7. The van der Waals surface area contributed by atoms with Crippen molar-refractivity contribution < 1.29 is 38.6 Å². The zero-order valence-electron chi connectivity index (χ0n) is 24.9. The molecule has 0 aromatic heterocycles. The third-order valence-corrected chi connectivity index (χ3v) is 9.92. The highest BCUT2D eigenvalue weighted by molar-refractivity contribution is 8.76. The highest BCUT2D eigenvalue weighted by Gasteiger charge is 2.25. The van der Waals surface area contributed by atoms with Crippen molar-refractivity contribution in [3.05, 3.63) is 47.5 Å². The van der Waals surface area contributed by atoms with Crippen molar-refractivity contribution >= 4 is 116 Å². The van der Waals surface area contributed by atoms with Crippen LogP contribution < -0.4 is 20.1 Å². The highest BCUT2D eigenvalue weighted by atomic mass is 33.1. The molecule has 2 unspecified atom stereocenters. The summed E-state index contributed by atoms with van der Waals surface area (Å²) in [6.07, 6.45) is 0. The van der Waals surface area contributed by atoms with Crippen LogP contribution in [0.25, 0.3) is 10.8 Å². The van der Waals surface area contributed by atoms with Crippen LogP contribution in [0.3, 0.4) is 0 Å². The van der Waals surface area contributed by atoms with Crippen LogP contribution >= 0.6 is 71.2 Å². The molecule has 0 aliphatic rings. The number of thiol groups is 2. The number of rotatable bonds is 21. The normalized spacial score (nSPS) is 13.6. The molecule has 0 radical (unpaired) electrons. The van der Waals surface area contributed by atoms with Gasteiger partial charge in [0.15, 0.2) is 0 Å². The van der Waals surface area contributed by atoms with E-state index in [-0.39, 0.29) is 42.6 Å². The van der Waals surface area contributed by atoms with Crippen LogP contribution in [0.4, 0.5) is 0 Å². The number of carbonyl (C=O) groups is 5. The number of aliphatic hydroxyl groups excluding tert-OH is 1. The number of carbonyl (C=O) groups excluding carboxylic acids is 5. The average molecular weight is 749 g/mol. The van der Waals surface area contributed by atoms with Gasteiger partial charge in [-0.15, -0.1) is 12.6 Å². The fourth-order valence-corrected chi connectivity index (χ4v) is 7.37. The minimum atomic E-state index is -1.00. The number of ether oxygens (including phenoxy) is 2. The van der Waals surface area contributed by atoms with Gasteiger partial charge in [-0.25, -0.2) is 14.3 Å². The van der Waals surface area contributed by atoms with Gasteiger partial charge in [0.1, 0.15) is 12.1 Å². The first-order valence-corrected chi connectivity index (χ1v) is 18.7. The predicted molar refractivity (Wildman–Crippen MR) is 195 cm³/mol. The SMILES string of the molecule is CCOC(=O)C(CSN[C@@H](CS)C(=O)S)NC(=O)c1ccc2cc(C(=O)NC(CSSN[C@@H](C=S)CO)C(=O)OCC)ccc2c1. The van der Waals surface area contributed by atoms with Gasteiger partial charge in [0, 0.05) is 28.4 Å². The van der Waals surface area contributed by atoms with E-state index in [9.17, 15) is 29.1 Å². The van der Waals surface area contributed by atoms with Gasteiger partial charge < -0.3 is 25.2 Å². The fraction of sp³-hybridized carbons (Fsp3) is 0.429. The number of esters is 2. The molecule has 18 heteroatoms. The summed E-state index contributed by atoms with van der Waals surface area (Å²) in [6.45, 7) is 3.42. The Labute approximate surface area is 295 Å². The lowest BCUT2D eigenvalue weighted by Gasteiger charge is -2.19. The van der Waals surface area contributed by atoms with Gasteiger partial charge in [0.05, 0.1) is 31.9 Å². The molecule has 0 fully saturated rings. The summed E-state index contributed by atoms with van der Waals surface area (Å²) < 4.78 is 16.0. The minimum Gasteiger partial charge on any atom is -0.464 e. The summed E-state index contributed by atoms with van der Waals surface area (Å²) in [5.74, 6) is -1.74. The fourth-order valence-electron chi connectivity index (χ4n) is 3.54. The number of benzene rings is 2. The van der Waals surface area contributed by atoms with E-state index in [1.807, 2.05) is 0 Å². The van der Waals surface area contributed by atoms with Gasteiger partial charge >= 0.3 is 11.9 Å². The van der Waals surface area contributed by atoms with Crippen molar-refractivity contribution in [2.24, 2.45) is 0 Å². The molecule has 0 bridgehead atoms. The van der Waals surface area contributed by atoms with Crippen LogP contribution in [-0.2, 0) is 23.9 Å². The van der Waals surface area contributed by atoms with E-state index in [4.69, 9.17) is 21.7 Å². The molecular formula is C28H36N4O8S6. The predicted octanol–water partition coefficient (Wildman–Crippen LogP) is 2.40. The standard InChI is InChI=1S/C28H36N4O8S6/c1-3-39-26(36)22(14-44-32-21(13-42)28(38)43)29-24(34)18-7-5-17-10-19(8-6-16(17)9-18)25(35)30-23(27(37)40-4-2)15-45-46-31-20(11-33)12-41/h5-10,12,20-23,31-33,42H,3-4,11,13-15H2,1-2H3,(H,29,34)(H,30,35)(H,38,43)/t20-,21+,22?,23?/m1/s1. The van der Waals surface area contributed by atoms with E-state index in [1.165, 1.54) is 27.1 Å². The number of amides is 2. The Morgan fingerprint density at radius 2 is 1.39 bits per heavy atom. The van der Waals surface area contributed by atoms with Gasteiger partial charge in [-0.1, -0.05) is 47.1 Å². The molecule has 2 aromatic carbocycles. The van der Waals surface area contributed by atoms with E-state index in [2.05, 4.69) is 45.3 Å². The van der Waals surface area contributed by atoms with Gasteiger partial charge in [0.25, 0.3) is 11.8 Å². The lowest BCUT2D eigenvalue weighted by atomic mass is 10.0. The lowest BCUT2D eigenvalue weighted by Crippen LogP contribution is -2.44. The van der Waals surface area contributed by atoms with Crippen LogP contribution in [0, 0.1) is 0 Å². The molecule has 0 aliphatic carbocycles. The molecule has 46 heavy (non-hydrogen) atoms. The summed E-state index contributed by atoms with van der Waals surface area (Å²) in [7, 11) is 2.44. The second-order valence-electron chi connectivity index (χ2n) is 9.25.